The van der Waals surface area contributed by atoms with E-state index in [9.17, 15) is 19.6 Å². The second kappa shape index (κ2) is 5.94. The summed E-state index contributed by atoms with van der Waals surface area (Å²) in [6.07, 6.45) is 5.10. The van der Waals surface area contributed by atoms with Crippen molar-refractivity contribution >= 4 is 17.7 Å². The molecule has 0 aromatic rings. The van der Waals surface area contributed by atoms with Crippen LogP contribution in [-0.2, 0) is 28.6 Å². The van der Waals surface area contributed by atoms with E-state index >= 15 is 0 Å². The number of carbonyl (C=O) groups excluding carboxylic acids is 3. The molecule has 6 rings (SSSR count). The maximum atomic E-state index is 13.2. The van der Waals surface area contributed by atoms with Gasteiger partial charge in [-0.1, -0.05) is 13.8 Å². The largest absolute Gasteiger partial charge is 0.469 e. The topological polar surface area (TPSA) is 106 Å². The minimum Gasteiger partial charge on any atom is -0.469 e. The van der Waals surface area contributed by atoms with Crippen LogP contribution < -0.4 is 0 Å². The number of ketones is 1. The Balaban J connectivity index is 1.51. The lowest BCUT2D eigenvalue weighted by Gasteiger charge is -2.63. The summed E-state index contributed by atoms with van der Waals surface area (Å²) in [6, 6.07) is 2.53. The second-order valence-electron chi connectivity index (χ2n) is 11.7. The lowest BCUT2D eigenvalue weighted by molar-refractivity contribution is -0.193. The zero-order chi connectivity index (χ0) is 22.7. The first-order chi connectivity index (χ1) is 15.1. The summed E-state index contributed by atoms with van der Waals surface area (Å²) in [5.74, 6) is -0.806. The van der Waals surface area contributed by atoms with Crippen molar-refractivity contribution in [1.82, 2.24) is 0 Å². The average molecular weight is 442 g/mol. The van der Waals surface area contributed by atoms with Crippen molar-refractivity contribution in [2.45, 2.75) is 88.9 Å². The first kappa shape index (κ1) is 20.7. The van der Waals surface area contributed by atoms with Gasteiger partial charge in [0.05, 0.1) is 30.6 Å². The van der Waals surface area contributed by atoms with Crippen LogP contribution in [0.25, 0.3) is 0 Å². The lowest BCUT2D eigenvalue weighted by atomic mass is 9.37. The number of Topliss-reactive ketones (excluding diaryl/α,β-unsaturated/α-hetero) is 1. The molecule has 6 fully saturated rings. The van der Waals surface area contributed by atoms with Crippen molar-refractivity contribution < 1.29 is 28.6 Å². The van der Waals surface area contributed by atoms with Gasteiger partial charge in [-0.3, -0.25) is 14.4 Å². The summed E-state index contributed by atoms with van der Waals surface area (Å²) >= 11 is 0. The quantitative estimate of drug-likeness (QED) is 0.455. The predicted molar refractivity (Wildman–Crippen MR) is 110 cm³/mol. The Labute approximate surface area is 188 Å². The van der Waals surface area contributed by atoms with Gasteiger partial charge in [-0.15, -0.1) is 0 Å². The van der Waals surface area contributed by atoms with Crippen LogP contribution in [0.3, 0.4) is 0 Å². The Bertz CT molecular complexity index is 987. The SMILES string of the molecule is COC(=O)C1C[C@]2(C#N)CC(=O)CC[C@]2(C)[C@@]23O[C@@H]2C[C@@]2(C)C(CC[C@@]24CCC(=O)O4)C13. The third-order valence-electron chi connectivity index (χ3n) is 11.1. The molecule has 0 radical (unpaired) electrons. The van der Waals surface area contributed by atoms with E-state index < -0.39 is 27.9 Å². The second-order valence-corrected chi connectivity index (χ2v) is 11.7. The van der Waals surface area contributed by atoms with Crippen LogP contribution in [0, 0.1) is 45.3 Å². The average Bonchev–Trinajstić information content (AvgIpc) is 3.25. The minimum absolute atomic E-state index is 0.0954. The van der Waals surface area contributed by atoms with Crippen LogP contribution >= 0.6 is 0 Å². The van der Waals surface area contributed by atoms with Gasteiger partial charge in [0.2, 0.25) is 0 Å². The Morgan fingerprint density at radius 1 is 1.16 bits per heavy atom. The molecule has 172 valence electrons. The van der Waals surface area contributed by atoms with Gasteiger partial charge in [-0.25, -0.2) is 0 Å². The first-order valence-electron chi connectivity index (χ1n) is 12.0. The Hall–Kier alpha value is -1.94. The Morgan fingerprint density at radius 3 is 2.59 bits per heavy atom. The molecular weight excluding hydrogens is 410 g/mol. The van der Waals surface area contributed by atoms with Crippen LogP contribution in [0.2, 0.25) is 0 Å². The van der Waals surface area contributed by atoms with E-state index in [1.165, 1.54) is 7.11 Å². The lowest BCUT2D eigenvalue weighted by Crippen LogP contribution is -2.68. The number of rotatable bonds is 1. The molecule has 0 bridgehead atoms. The van der Waals surface area contributed by atoms with Gasteiger partial charge in [0, 0.05) is 36.0 Å². The highest BCUT2D eigenvalue weighted by Gasteiger charge is 2.86. The molecular formula is C25H31NO6. The number of fused-ring (bicyclic) bond motifs is 4. The molecule has 0 amide bonds. The summed E-state index contributed by atoms with van der Waals surface area (Å²) in [6.45, 7) is 4.36. The van der Waals surface area contributed by atoms with Crippen molar-refractivity contribution in [1.29, 1.82) is 5.26 Å². The zero-order valence-electron chi connectivity index (χ0n) is 19.1. The van der Waals surface area contributed by atoms with Gasteiger partial charge in [0.15, 0.2) is 0 Å². The fraction of sp³-hybridized carbons (Fsp3) is 0.840. The summed E-state index contributed by atoms with van der Waals surface area (Å²) in [5.41, 5.74) is -2.77. The Kier molecular flexibility index (Phi) is 3.83. The molecule has 2 spiro atoms. The monoisotopic (exact) mass is 441 g/mol. The fourth-order valence-electron chi connectivity index (χ4n) is 9.46. The van der Waals surface area contributed by atoms with Crippen LogP contribution in [-0.4, -0.2) is 42.1 Å². The maximum absolute atomic E-state index is 13.2. The molecule has 4 aliphatic carbocycles. The van der Waals surface area contributed by atoms with Gasteiger partial charge in [0.25, 0.3) is 0 Å². The summed E-state index contributed by atoms with van der Waals surface area (Å²) < 4.78 is 17.9. The third kappa shape index (κ3) is 2.01. The van der Waals surface area contributed by atoms with Gasteiger partial charge in [0.1, 0.15) is 17.0 Å². The van der Waals surface area contributed by atoms with Gasteiger partial charge in [-0.05, 0) is 44.4 Å². The highest BCUT2D eigenvalue weighted by Crippen LogP contribution is 2.80. The van der Waals surface area contributed by atoms with Crippen LogP contribution in [0.5, 0.6) is 0 Å². The van der Waals surface area contributed by atoms with E-state index in [4.69, 9.17) is 14.2 Å². The molecule has 0 aromatic heterocycles. The number of ether oxygens (including phenoxy) is 3. The molecule has 2 saturated heterocycles. The number of epoxide rings is 1. The third-order valence-corrected chi connectivity index (χ3v) is 11.1. The molecule has 9 atom stereocenters. The number of esters is 2. The number of nitriles is 1. The molecule has 2 aliphatic heterocycles. The molecule has 4 saturated carbocycles. The maximum Gasteiger partial charge on any atom is 0.309 e. The Morgan fingerprint density at radius 2 is 1.94 bits per heavy atom. The van der Waals surface area contributed by atoms with Crippen molar-refractivity contribution in [2.24, 2.45) is 34.0 Å². The highest BCUT2D eigenvalue weighted by atomic mass is 16.6. The highest BCUT2D eigenvalue weighted by molar-refractivity contribution is 5.82. The smallest absolute Gasteiger partial charge is 0.309 e. The number of hydrogen-bond donors (Lipinski definition) is 0. The molecule has 0 N–H and O–H groups in total. The van der Waals surface area contributed by atoms with Crippen molar-refractivity contribution in [3.8, 4) is 6.07 Å². The fourth-order valence-corrected chi connectivity index (χ4v) is 9.46. The van der Waals surface area contributed by atoms with E-state index in [1.807, 2.05) is 0 Å². The number of carbonyl (C=O) groups is 3. The van der Waals surface area contributed by atoms with Gasteiger partial charge in [-0.2, -0.15) is 5.26 Å². The van der Waals surface area contributed by atoms with Crippen molar-refractivity contribution in [3.05, 3.63) is 0 Å². The number of methoxy groups -OCH3 is 1. The van der Waals surface area contributed by atoms with Crippen LogP contribution in [0.1, 0.15) is 71.6 Å². The summed E-state index contributed by atoms with van der Waals surface area (Å²) in [4.78, 5) is 37.9. The first-order valence-corrected chi connectivity index (χ1v) is 12.0. The molecule has 7 nitrogen and oxygen atoms in total. The molecule has 32 heavy (non-hydrogen) atoms. The van der Waals surface area contributed by atoms with E-state index in [0.29, 0.717) is 25.7 Å². The van der Waals surface area contributed by atoms with Crippen LogP contribution in [0.4, 0.5) is 0 Å². The normalized spacial score (nSPS) is 55.2. The summed E-state index contributed by atoms with van der Waals surface area (Å²) in [5, 5.41) is 10.4. The predicted octanol–water partition coefficient (Wildman–Crippen LogP) is 3.10. The van der Waals surface area contributed by atoms with Gasteiger partial charge >= 0.3 is 11.9 Å². The molecule has 2 heterocycles. The molecule has 3 unspecified atom stereocenters. The molecule has 7 heteroatoms. The molecule has 6 aliphatic rings. The number of hydrogen-bond acceptors (Lipinski definition) is 7. The van der Waals surface area contributed by atoms with E-state index in [1.54, 1.807) is 0 Å². The number of nitrogens with zero attached hydrogens (tertiary/aromatic N) is 1. The van der Waals surface area contributed by atoms with E-state index in [2.05, 4.69) is 19.9 Å². The minimum atomic E-state index is -0.920. The van der Waals surface area contributed by atoms with E-state index in [0.717, 1.165) is 25.7 Å². The summed E-state index contributed by atoms with van der Waals surface area (Å²) in [7, 11) is 1.40. The van der Waals surface area contributed by atoms with Gasteiger partial charge < -0.3 is 14.2 Å². The van der Waals surface area contributed by atoms with E-state index in [-0.39, 0.29) is 47.5 Å². The standard InChI is InChI=1S/C25H31NO6/c1-21-12-17-25(31-17)19(16(21)5-8-24(21)9-6-18(28)32-24)15(20(29)30-3)11-23(13-26)10-14(27)4-7-22(23,25)2/h15-17,19H,4-12H2,1-3H3/t15?,16?,17-,19?,21+,22+,23+,24-,25-/m1/s1. The zero-order valence-corrected chi connectivity index (χ0v) is 19.1. The van der Waals surface area contributed by atoms with Crippen molar-refractivity contribution in [2.75, 3.05) is 7.11 Å². The van der Waals surface area contributed by atoms with Crippen LogP contribution in [0.15, 0.2) is 0 Å². The molecule has 0 aromatic carbocycles. The van der Waals surface area contributed by atoms with Crippen molar-refractivity contribution in [3.63, 3.8) is 0 Å².